The van der Waals surface area contributed by atoms with Crippen molar-refractivity contribution in [2.24, 2.45) is 5.10 Å². The molecular formula is C26H28BrN3O5. The lowest BCUT2D eigenvalue weighted by Crippen LogP contribution is -2.25. The van der Waals surface area contributed by atoms with E-state index in [9.17, 15) is 9.59 Å². The van der Waals surface area contributed by atoms with E-state index in [1.165, 1.54) is 18.0 Å². The van der Waals surface area contributed by atoms with E-state index in [1.807, 2.05) is 19.1 Å². The molecule has 0 unspecified atom stereocenters. The fourth-order valence-corrected chi connectivity index (χ4v) is 4.60. The smallest absolute Gasteiger partial charge is 0.344 e. The molecule has 0 saturated heterocycles. The Morgan fingerprint density at radius 3 is 2.71 bits per heavy atom. The Hall–Kier alpha value is -3.20. The van der Waals surface area contributed by atoms with Gasteiger partial charge < -0.3 is 14.6 Å². The zero-order chi connectivity index (χ0) is 24.9. The minimum atomic E-state index is -1.07. The van der Waals surface area contributed by atoms with Crippen LogP contribution in [0.5, 0.6) is 11.5 Å². The average Bonchev–Trinajstić information content (AvgIpc) is 2.85. The third-order valence-electron chi connectivity index (χ3n) is 6.05. The first-order chi connectivity index (χ1) is 16.9. The van der Waals surface area contributed by atoms with Gasteiger partial charge in [-0.25, -0.2) is 9.78 Å². The summed E-state index contributed by atoms with van der Waals surface area (Å²) >= 11 is 3.44. The molecule has 3 aromatic rings. The number of carboxylic acid groups (broad SMARTS) is 1. The Balaban J connectivity index is 1.75. The number of carbonyl (C=O) groups is 1. The SMILES string of the molecule is CCOc1cc(C=Nn2c(C3CCCCC3)nc3ccc(Br)cc3c2=O)ccc1O[C@H](C)C(=O)O. The van der Waals surface area contributed by atoms with Gasteiger partial charge in [-0.05, 0) is 68.7 Å². The molecule has 0 amide bonds. The summed E-state index contributed by atoms with van der Waals surface area (Å²) in [6, 6.07) is 10.6. The number of aromatic nitrogens is 2. The van der Waals surface area contributed by atoms with Crippen molar-refractivity contribution in [3.8, 4) is 11.5 Å². The largest absolute Gasteiger partial charge is 0.490 e. The maximum absolute atomic E-state index is 13.5. The van der Waals surface area contributed by atoms with Gasteiger partial charge in [0.2, 0.25) is 0 Å². The van der Waals surface area contributed by atoms with E-state index in [1.54, 1.807) is 30.5 Å². The Morgan fingerprint density at radius 1 is 1.23 bits per heavy atom. The second-order valence-electron chi connectivity index (χ2n) is 8.57. The molecule has 1 saturated carbocycles. The lowest BCUT2D eigenvalue weighted by molar-refractivity contribution is -0.144. The van der Waals surface area contributed by atoms with Crippen LogP contribution in [0.15, 0.2) is 50.8 Å². The predicted octanol–water partition coefficient (Wildman–Crippen LogP) is 5.34. The molecule has 9 heteroatoms. The molecule has 184 valence electrons. The van der Waals surface area contributed by atoms with E-state index in [0.29, 0.717) is 40.4 Å². The number of halogens is 1. The normalized spacial score (nSPS) is 15.4. The molecule has 0 aliphatic heterocycles. The van der Waals surface area contributed by atoms with Gasteiger partial charge in [0.25, 0.3) is 5.56 Å². The summed E-state index contributed by atoms with van der Waals surface area (Å²) < 4.78 is 13.4. The van der Waals surface area contributed by atoms with E-state index in [2.05, 4.69) is 21.0 Å². The summed E-state index contributed by atoms with van der Waals surface area (Å²) in [6.07, 6.45) is 5.94. The van der Waals surface area contributed by atoms with Crippen LogP contribution in [-0.2, 0) is 4.79 Å². The van der Waals surface area contributed by atoms with Gasteiger partial charge in [-0.3, -0.25) is 4.79 Å². The summed E-state index contributed by atoms with van der Waals surface area (Å²) in [5.41, 5.74) is 1.13. The second-order valence-corrected chi connectivity index (χ2v) is 9.48. The van der Waals surface area contributed by atoms with Crippen LogP contribution in [0.1, 0.15) is 63.3 Å². The van der Waals surface area contributed by atoms with Crippen LogP contribution in [-0.4, -0.2) is 39.7 Å². The van der Waals surface area contributed by atoms with E-state index in [-0.39, 0.29) is 11.5 Å². The van der Waals surface area contributed by atoms with Crippen LogP contribution in [0.3, 0.4) is 0 Å². The Morgan fingerprint density at radius 2 is 2.00 bits per heavy atom. The molecule has 1 heterocycles. The third-order valence-corrected chi connectivity index (χ3v) is 6.54. The van der Waals surface area contributed by atoms with Gasteiger partial charge in [0, 0.05) is 10.4 Å². The predicted molar refractivity (Wildman–Crippen MR) is 138 cm³/mol. The van der Waals surface area contributed by atoms with Crippen molar-refractivity contribution in [3.63, 3.8) is 0 Å². The standard InChI is InChI=1S/C26H28BrN3O5/c1-3-34-23-13-17(9-12-22(23)35-16(2)26(32)33)15-28-30-24(18-7-5-4-6-8-18)29-21-11-10-19(27)14-20(21)25(30)31/h9-16,18H,3-8H2,1-2H3,(H,32,33)/t16-/m1/s1. The Kier molecular flexibility index (Phi) is 7.85. The van der Waals surface area contributed by atoms with E-state index >= 15 is 0 Å². The number of hydrogen-bond acceptors (Lipinski definition) is 6. The number of rotatable bonds is 8. The summed E-state index contributed by atoms with van der Waals surface area (Å²) in [5.74, 6) is 0.527. The van der Waals surface area contributed by atoms with Crippen LogP contribution >= 0.6 is 15.9 Å². The number of benzene rings is 2. The van der Waals surface area contributed by atoms with Gasteiger partial charge in [-0.2, -0.15) is 9.78 Å². The molecule has 2 aromatic carbocycles. The number of ether oxygens (including phenoxy) is 2. The van der Waals surface area contributed by atoms with E-state index in [4.69, 9.17) is 19.6 Å². The molecule has 0 radical (unpaired) electrons. The highest BCUT2D eigenvalue weighted by atomic mass is 79.9. The number of hydrogen-bond donors (Lipinski definition) is 1. The van der Waals surface area contributed by atoms with Gasteiger partial charge in [-0.15, -0.1) is 0 Å². The van der Waals surface area contributed by atoms with Crippen molar-refractivity contribution in [2.75, 3.05) is 6.61 Å². The first-order valence-electron chi connectivity index (χ1n) is 11.8. The zero-order valence-electron chi connectivity index (χ0n) is 19.7. The summed E-state index contributed by atoms with van der Waals surface area (Å²) in [5, 5.41) is 14.2. The van der Waals surface area contributed by atoms with Crippen molar-refractivity contribution in [3.05, 3.63) is 62.6 Å². The van der Waals surface area contributed by atoms with Gasteiger partial charge in [0.05, 0.1) is 23.7 Å². The summed E-state index contributed by atoms with van der Waals surface area (Å²) in [7, 11) is 0. The number of aliphatic carboxylic acids is 1. The third kappa shape index (κ3) is 5.73. The molecule has 1 aliphatic carbocycles. The fourth-order valence-electron chi connectivity index (χ4n) is 4.24. The molecule has 1 fully saturated rings. The maximum atomic E-state index is 13.5. The highest BCUT2D eigenvalue weighted by molar-refractivity contribution is 9.10. The molecule has 1 aromatic heterocycles. The molecule has 0 spiro atoms. The molecule has 1 atom stereocenters. The minimum Gasteiger partial charge on any atom is -0.490 e. The first-order valence-corrected chi connectivity index (χ1v) is 12.6. The van der Waals surface area contributed by atoms with Crippen LogP contribution in [0.25, 0.3) is 10.9 Å². The van der Waals surface area contributed by atoms with E-state index in [0.717, 1.165) is 30.2 Å². The van der Waals surface area contributed by atoms with E-state index < -0.39 is 12.1 Å². The fraction of sp³-hybridized carbons (Fsp3) is 0.385. The summed E-state index contributed by atoms with van der Waals surface area (Å²) in [6.45, 7) is 3.67. The van der Waals surface area contributed by atoms with Crippen LogP contribution in [0, 0.1) is 0 Å². The molecular weight excluding hydrogens is 514 g/mol. The van der Waals surface area contributed by atoms with Gasteiger partial charge in [-0.1, -0.05) is 35.2 Å². The lowest BCUT2D eigenvalue weighted by Gasteiger charge is -2.22. The Bertz CT molecular complexity index is 1310. The first kappa shape index (κ1) is 24.9. The quantitative estimate of drug-likeness (QED) is 0.386. The number of carboxylic acids is 1. The minimum absolute atomic E-state index is 0.175. The zero-order valence-corrected chi connectivity index (χ0v) is 21.3. The monoisotopic (exact) mass is 541 g/mol. The number of nitrogens with zero attached hydrogens (tertiary/aromatic N) is 3. The second kappa shape index (κ2) is 11.0. The van der Waals surface area contributed by atoms with Crippen LogP contribution < -0.4 is 15.0 Å². The molecule has 35 heavy (non-hydrogen) atoms. The number of fused-ring (bicyclic) bond motifs is 1. The molecule has 1 N–H and O–H groups in total. The molecule has 4 rings (SSSR count). The maximum Gasteiger partial charge on any atom is 0.344 e. The van der Waals surface area contributed by atoms with Crippen LogP contribution in [0.2, 0.25) is 0 Å². The highest BCUT2D eigenvalue weighted by Crippen LogP contribution is 2.32. The molecule has 1 aliphatic rings. The lowest BCUT2D eigenvalue weighted by atomic mass is 9.88. The van der Waals surface area contributed by atoms with Crippen LogP contribution in [0.4, 0.5) is 0 Å². The summed E-state index contributed by atoms with van der Waals surface area (Å²) in [4.78, 5) is 29.5. The van der Waals surface area contributed by atoms with Crippen molar-refractivity contribution >= 4 is 39.0 Å². The average molecular weight is 542 g/mol. The topological polar surface area (TPSA) is 103 Å². The van der Waals surface area contributed by atoms with Crippen molar-refractivity contribution in [1.82, 2.24) is 9.66 Å². The van der Waals surface area contributed by atoms with Gasteiger partial charge in [0.15, 0.2) is 17.6 Å². The van der Waals surface area contributed by atoms with Crippen molar-refractivity contribution < 1.29 is 19.4 Å². The highest BCUT2D eigenvalue weighted by Gasteiger charge is 2.22. The van der Waals surface area contributed by atoms with Crippen molar-refractivity contribution in [2.45, 2.75) is 58.0 Å². The molecule has 8 nitrogen and oxygen atoms in total. The van der Waals surface area contributed by atoms with Gasteiger partial charge in [0.1, 0.15) is 5.82 Å². The molecule has 0 bridgehead atoms. The van der Waals surface area contributed by atoms with Gasteiger partial charge >= 0.3 is 5.97 Å². The Labute approximate surface area is 211 Å². The van der Waals surface area contributed by atoms with Crippen molar-refractivity contribution in [1.29, 1.82) is 0 Å².